The van der Waals surface area contributed by atoms with Gasteiger partial charge in [-0.25, -0.2) is 0 Å². The van der Waals surface area contributed by atoms with Crippen LogP contribution in [0.15, 0.2) is 72.8 Å². The van der Waals surface area contributed by atoms with Crippen LogP contribution in [0.2, 0.25) is 0 Å². The molecule has 3 aromatic rings. The molecule has 0 aromatic heterocycles. The predicted molar refractivity (Wildman–Crippen MR) is 244 cm³/mol. The molecule has 2 aliphatic carbocycles. The topological polar surface area (TPSA) is 121 Å². The molecule has 334 valence electrons. The number of phenols is 2. The van der Waals surface area contributed by atoms with Crippen LogP contribution in [0.1, 0.15) is 119 Å². The largest absolute Gasteiger partial charge is 0.508 e. The van der Waals surface area contributed by atoms with Gasteiger partial charge in [0, 0.05) is 82.7 Å². The van der Waals surface area contributed by atoms with Crippen molar-refractivity contribution in [1.82, 2.24) is 0 Å². The second-order valence-electron chi connectivity index (χ2n) is 16.5. The van der Waals surface area contributed by atoms with E-state index in [-0.39, 0.29) is 80.6 Å². The van der Waals surface area contributed by atoms with Gasteiger partial charge in [-0.15, -0.1) is 0 Å². The van der Waals surface area contributed by atoms with Crippen molar-refractivity contribution < 1.29 is 74.1 Å². The summed E-state index contributed by atoms with van der Waals surface area (Å²) in [5.41, 5.74) is 4.51. The maximum Gasteiger partial charge on any atom is 0.115 e. The van der Waals surface area contributed by atoms with Gasteiger partial charge in [-0.1, -0.05) is 145 Å². The average Bonchev–Trinajstić information content (AvgIpc) is 3.47. The Morgan fingerprint density at radius 1 is 0.293 bits per heavy atom. The average molecular weight is 881 g/mol. The van der Waals surface area contributed by atoms with Crippen molar-refractivity contribution in [1.29, 1.82) is 0 Å². The van der Waals surface area contributed by atoms with E-state index >= 15 is 0 Å². The molecule has 6 N–H and O–H groups in total. The van der Waals surface area contributed by atoms with Gasteiger partial charge in [0.25, 0.3) is 0 Å². The van der Waals surface area contributed by atoms with Crippen LogP contribution < -0.4 is 0 Å². The number of rotatable bonds is 4. The van der Waals surface area contributed by atoms with Gasteiger partial charge in [-0.3, -0.25) is 0 Å². The summed E-state index contributed by atoms with van der Waals surface area (Å²) in [6.45, 7) is 32.8. The fraction of sp³-hybridized carbons (Fsp3) is 0.600. The summed E-state index contributed by atoms with van der Waals surface area (Å²) in [6, 6.07) is 23.6. The molecule has 2 aliphatic rings. The first kappa shape index (κ1) is 68.3. The van der Waals surface area contributed by atoms with E-state index < -0.39 is 0 Å². The van der Waals surface area contributed by atoms with Crippen LogP contribution in [0.3, 0.4) is 0 Å². The zero-order valence-electron chi connectivity index (χ0n) is 40.4. The third-order valence-corrected chi connectivity index (χ3v) is 13.8. The van der Waals surface area contributed by atoms with Crippen molar-refractivity contribution in [2.75, 3.05) is 28.4 Å². The Hall–Kier alpha value is -1.47. The van der Waals surface area contributed by atoms with Crippen molar-refractivity contribution in [3.05, 3.63) is 110 Å². The third-order valence-electron chi connectivity index (χ3n) is 13.8. The Balaban J connectivity index is -0.000000177. The molecule has 2 fully saturated rings. The van der Waals surface area contributed by atoms with Crippen molar-refractivity contribution in [2.24, 2.45) is 59.2 Å². The predicted octanol–water partition coefficient (Wildman–Crippen LogP) is 11.4. The van der Waals surface area contributed by atoms with Crippen LogP contribution in [-0.2, 0) is 54.3 Å². The number of aromatic hydroxyl groups is 2. The van der Waals surface area contributed by atoms with Crippen molar-refractivity contribution in [3.63, 3.8) is 0 Å². The first-order valence-corrected chi connectivity index (χ1v) is 19.8. The molecule has 0 aliphatic heterocycles. The van der Waals surface area contributed by atoms with Crippen LogP contribution in [0.5, 0.6) is 11.5 Å². The van der Waals surface area contributed by atoms with E-state index in [0.717, 1.165) is 87.6 Å². The Labute approximate surface area is 388 Å². The maximum atomic E-state index is 9.53. The molecular formula is C50H88O6Ti2-2. The number of hydrogen-bond acceptors (Lipinski definition) is 6. The summed E-state index contributed by atoms with van der Waals surface area (Å²) in [7, 11) is 4.00. The smallest absolute Gasteiger partial charge is 0.115 e. The van der Waals surface area contributed by atoms with Crippen LogP contribution in [-0.4, -0.2) is 59.1 Å². The minimum absolute atomic E-state index is 0. The number of aliphatic hydroxyl groups excluding tert-OH is 4. The summed E-state index contributed by atoms with van der Waals surface area (Å²) in [5.74, 6) is 9.93. The number of aliphatic hydroxyl groups is 4. The molecule has 5 rings (SSSR count). The first-order valence-electron chi connectivity index (χ1n) is 19.8. The molecule has 0 bridgehead atoms. The minimum Gasteiger partial charge on any atom is -0.508 e. The Kier molecular flexibility index (Phi) is 39.1. The molecule has 6 nitrogen and oxygen atoms in total. The van der Waals surface area contributed by atoms with Gasteiger partial charge in [0.2, 0.25) is 0 Å². The molecule has 8 heteroatoms. The molecular weight excluding hydrogens is 792 g/mol. The normalized spacial score (nSPS) is 25.0. The zero-order chi connectivity index (χ0) is 42.7. The summed E-state index contributed by atoms with van der Waals surface area (Å²) in [5, 5.41) is 47.1. The van der Waals surface area contributed by atoms with Gasteiger partial charge in [0.05, 0.1) is 0 Å². The Bertz CT molecular complexity index is 1180. The van der Waals surface area contributed by atoms with E-state index in [1.807, 2.05) is 24.3 Å². The fourth-order valence-corrected chi connectivity index (χ4v) is 8.18. The van der Waals surface area contributed by atoms with Crippen LogP contribution >= 0.6 is 0 Å². The van der Waals surface area contributed by atoms with Crippen LogP contribution in [0, 0.1) is 74.0 Å². The number of hydrogen-bond donors (Lipinski definition) is 6. The molecule has 2 saturated carbocycles. The molecule has 0 spiro atoms. The van der Waals surface area contributed by atoms with E-state index in [1.165, 1.54) is 22.3 Å². The maximum absolute atomic E-state index is 9.53. The second kappa shape index (κ2) is 33.2. The SMILES string of the molecule is CC(C)(c1ccc(O)cc1)c1ccc(C(C)(C)c2ccc(O)cc2)cc1.CC1C(C)C(C)C(C)C1C.CC1C(C)C(C)C(C)C1C.CO.CO.CO.CO.[CH3-].[CH3-].[Ti].[Ti]. The summed E-state index contributed by atoms with van der Waals surface area (Å²) < 4.78 is 0. The minimum atomic E-state index is -0.144. The first-order chi connectivity index (χ1) is 25.3. The molecule has 3 aromatic carbocycles. The number of phenolic OH excluding ortho intramolecular Hbond substituents is 2. The van der Waals surface area contributed by atoms with Crippen LogP contribution in [0.4, 0.5) is 0 Å². The van der Waals surface area contributed by atoms with Gasteiger partial charge >= 0.3 is 0 Å². The molecule has 0 amide bonds. The zero-order valence-corrected chi connectivity index (χ0v) is 43.5. The van der Waals surface area contributed by atoms with Crippen molar-refractivity contribution >= 4 is 0 Å². The van der Waals surface area contributed by atoms with Crippen molar-refractivity contribution in [3.8, 4) is 11.5 Å². The van der Waals surface area contributed by atoms with Gasteiger partial charge < -0.3 is 45.5 Å². The van der Waals surface area contributed by atoms with Crippen molar-refractivity contribution in [2.45, 2.75) is 108 Å². The van der Waals surface area contributed by atoms with Gasteiger partial charge in [-0.2, -0.15) is 0 Å². The molecule has 0 unspecified atom stereocenters. The summed E-state index contributed by atoms with van der Waals surface area (Å²) in [4.78, 5) is 0. The third kappa shape index (κ3) is 18.2. The Morgan fingerprint density at radius 3 is 0.517 bits per heavy atom. The monoisotopic (exact) mass is 881 g/mol. The second-order valence-corrected chi connectivity index (χ2v) is 16.5. The van der Waals surface area contributed by atoms with E-state index in [1.54, 1.807) is 24.3 Å². The van der Waals surface area contributed by atoms with Gasteiger partial charge in [0.15, 0.2) is 0 Å². The summed E-state index contributed by atoms with van der Waals surface area (Å²) >= 11 is 0. The van der Waals surface area contributed by atoms with Crippen LogP contribution in [0.25, 0.3) is 0 Å². The van der Waals surface area contributed by atoms with Gasteiger partial charge in [-0.05, 0) is 106 Å². The molecule has 58 heavy (non-hydrogen) atoms. The quantitative estimate of drug-likeness (QED) is 0.115. The van der Waals surface area contributed by atoms with E-state index in [4.69, 9.17) is 20.4 Å². The fourth-order valence-electron chi connectivity index (χ4n) is 8.18. The van der Waals surface area contributed by atoms with E-state index in [0.29, 0.717) is 0 Å². The molecule has 0 radical (unpaired) electrons. The molecule has 0 atom stereocenters. The summed E-state index contributed by atoms with van der Waals surface area (Å²) in [6.07, 6.45) is 0. The van der Waals surface area contributed by atoms with E-state index in [9.17, 15) is 10.2 Å². The number of benzene rings is 3. The molecule has 0 heterocycles. The van der Waals surface area contributed by atoms with E-state index in [2.05, 4.69) is 121 Å². The standard InChI is InChI=1S/C24H26O2.2C10H20.4CH4O.2CH3.2Ti/c1-23(2,19-9-13-21(25)14-10-19)17-5-7-18(8-6-17)24(3,4)20-11-15-22(26)16-12-20;2*1-6-7(2)9(4)10(5)8(6)3;4*1-2;;;;/h5-16,25-26H,1-4H3;2*6-10H,1-5H3;4*2H,1H3;2*1H3;;/q;;;;;;;2*-1;;. The molecule has 0 saturated heterocycles. The Morgan fingerprint density at radius 2 is 0.397 bits per heavy atom. The van der Waals surface area contributed by atoms with Gasteiger partial charge in [0.1, 0.15) is 11.5 Å².